The van der Waals surface area contributed by atoms with Crippen LogP contribution in [0, 0.1) is 0 Å². The van der Waals surface area contributed by atoms with Crippen molar-refractivity contribution >= 4 is 0 Å². The fourth-order valence-corrected chi connectivity index (χ4v) is 3.31. The van der Waals surface area contributed by atoms with Gasteiger partial charge in [-0.1, -0.05) is 73.5 Å². The highest BCUT2D eigenvalue weighted by atomic mass is 16.8. The minimum atomic E-state index is -1.18. The van der Waals surface area contributed by atoms with Crippen molar-refractivity contribution in [3.8, 4) is 0 Å². The van der Waals surface area contributed by atoms with Gasteiger partial charge in [-0.05, 0) is 18.4 Å². The second-order valence-corrected chi connectivity index (χ2v) is 6.47. The van der Waals surface area contributed by atoms with E-state index in [2.05, 4.69) is 0 Å². The fraction of sp³-hybridized carbons (Fsp3) is 0.429. The third-order valence-corrected chi connectivity index (χ3v) is 4.66. The lowest BCUT2D eigenvalue weighted by Gasteiger charge is -2.33. The largest absolute Gasteiger partial charge is 0.396 e. The Morgan fingerprint density at radius 1 is 0.960 bits per heavy atom. The van der Waals surface area contributed by atoms with Gasteiger partial charge in [-0.2, -0.15) is 0 Å². The van der Waals surface area contributed by atoms with Crippen LogP contribution in [0.25, 0.3) is 0 Å². The maximum absolute atomic E-state index is 11.1. The highest BCUT2D eigenvalue weighted by Gasteiger charge is 2.49. The van der Waals surface area contributed by atoms with Crippen molar-refractivity contribution < 1.29 is 19.7 Å². The third kappa shape index (κ3) is 4.10. The summed E-state index contributed by atoms with van der Waals surface area (Å²) >= 11 is 0. The molecule has 3 unspecified atom stereocenters. The van der Waals surface area contributed by atoms with Crippen LogP contribution in [0.4, 0.5) is 0 Å². The summed E-state index contributed by atoms with van der Waals surface area (Å²) in [5.41, 5.74) is 1.59. The topological polar surface area (TPSA) is 58.9 Å². The first-order valence-electron chi connectivity index (χ1n) is 8.97. The first-order valence-corrected chi connectivity index (χ1v) is 8.97. The van der Waals surface area contributed by atoms with Crippen LogP contribution >= 0.6 is 0 Å². The van der Waals surface area contributed by atoms with Gasteiger partial charge in [0.15, 0.2) is 0 Å². The molecule has 3 rings (SSSR count). The summed E-state index contributed by atoms with van der Waals surface area (Å²) in [7, 11) is 0. The number of aliphatic hydroxyl groups is 2. The van der Waals surface area contributed by atoms with Gasteiger partial charge in [0.2, 0.25) is 5.79 Å². The van der Waals surface area contributed by atoms with E-state index in [9.17, 15) is 5.11 Å². The molecule has 1 aliphatic rings. The number of unbranched alkanes of at least 4 members (excludes halogenated alkanes) is 2. The maximum atomic E-state index is 11.1. The summed E-state index contributed by atoms with van der Waals surface area (Å²) in [5.74, 6) is -1.18. The zero-order valence-corrected chi connectivity index (χ0v) is 14.4. The quantitative estimate of drug-likeness (QED) is 0.721. The van der Waals surface area contributed by atoms with Crippen LogP contribution in [-0.4, -0.2) is 29.5 Å². The van der Waals surface area contributed by atoms with Crippen molar-refractivity contribution in [1.82, 2.24) is 0 Å². The lowest BCUT2D eigenvalue weighted by atomic mass is 9.94. The fourth-order valence-electron chi connectivity index (χ4n) is 3.31. The third-order valence-electron chi connectivity index (χ3n) is 4.66. The molecule has 0 radical (unpaired) electrons. The van der Waals surface area contributed by atoms with Gasteiger partial charge < -0.3 is 19.7 Å². The molecule has 1 heterocycles. The Bertz CT molecular complexity index is 631. The van der Waals surface area contributed by atoms with E-state index in [-0.39, 0.29) is 12.7 Å². The number of hydrogen-bond acceptors (Lipinski definition) is 4. The summed E-state index contributed by atoms with van der Waals surface area (Å²) in [5, 5.41) is 20.0. The lowest BCUT2D eigenvalue weighted by molar-refractivity contribution is -0.241. The van der Waals surface area contributed by atoms with E-state index in [1.165, 1.54) is 0 Å². The summed E-state index contributed by atoms with van der Waals surface area (Å²) < 4.78 is 12.4. The number of aliphatic hydroxyl groups excluding tert-OH is 2. The van der Waals surface area contributed by atoms with E-state index in [0.717, 1.165) is 36.8 Å². The molecule has 0 bridgehead atoms. The number of hydrogen-bond donors (Lipinski definition) is 2. The smallest absolute Gasteiger partial charge is 0.226 e. The van der Waals surface area contributed by atoms with E-state index in [0.29, 0.717) is 6.61 Å². The van der Waals surface area contributed by atoms with Gasteiger partial charge in [0.1, 0.15) is 6.10 Å². The van der Waals surface area contributed by atoms with Gasteiger partial charge in [-0.25, -0.2) is 0 Å². The van der Waals surface area contributed by atoms with E-state index in [1.807, 2.05) is 60.7 Å². The lowest BCUT2D eigenvalue weighted by Crippen LogP contribution is -2.35. The van der Waals surface area contributed by atoms with Crippen molar-refractivity contribution in [1.29, 1.82) is 0 Å². The predicted molar refractivity (Wildman–Crippen MR) is 95.9 cm³/mol. The molecular formula is C21H26O4. The van der Waals surface area contributed by atoms with Crippen molar-refractivity contribution in [2.45, 2.75) is 43.7 Å². The van der Waals surface area contributed by atoms with Crippen molar-refractivity contribution in [2.24, 2.45) is 0 Å². The van der Waals surface area contributed by atoms with Crippen LogP contribution in [0.1, 0.15) is 42.9 Å². The molecule has 2 aromatic rings. The number of rotatable bonds is 8. The summed E-state index contributed by atoms with van der Waals surface area (Å²) in [6.45, 7) is 0.681. The Morgan fingerprint density at radius 2 is 1.64 bits per heavy atom. The summed E-state index contributed by atoms with van der Waals surface area (Å²) in [6.07, 6.45) is 2.65. The molecule has 2 aromatic carbocycles. The molecule has 3 atom stereocenters. The zero-order valence-electron chi connectivity index (χ0n) is 14.4. The normalized spacial score (nSPS) is 24.3. The Morgan fingerprint density at radius 3 is 2.32 bits per heavy atom. The van der Waals surface area contributed by atoms with Crippen molar-refractivity contribution in [2.75, 3.05) is 13.2 Å². The van der Waals surface area contributed by atoms with E-state index >= 15 is 0 Å². The van der Waals surface area contributed by atoms with Crippen molar-refractivity contribution in [3.63, 3.8) is 0 Å². The van der Waals surface area contributed by atoms with Gasteiger partial charge in [-0.15, -0.1) is 0 Å². The molecule has 0 aromatic heterocycles. The first-order chi connectivity index (χ1) is 12.3. The molecule has 0 spiro atoms. The van der Waals surface area contributed by atoms with Crippen LogP contribution in [0.5, 0.6) is 0 Å². The molecule has 1 fully saturated rings. The molecule has 1 aliphatic heterocycles. The second kappa shape index (κ2) is 8.59. The summed E-state index contributed by atoms with van der Waals surface area (Å²) in [4.78, 5) is 0. The molecule has 0 aliphatic carbocycles. The van der Waals surface area contributed by atoms with Gasteiger partial charge in [-0.3, -0.25) is 0 Å². The molecule has 25 heavy (non-hydrogen) atoms. The van der Waals surface area contributed by atoms with Crippen molar-refractivity contribution in [3.05, 3.63) is 71.8 Å². The predicted octanol–water partition coefficient (Wildman–Crippen LogP) is 3.54. The van der Waals surface area contributed by atoms with Gasteiger partial charge in [0, 0.05) is 12.2 Å². The average Bonchev–Trinajstić information content (AvgIpc) is 3.11. The highest BCUT2D eigenvalue weighted by Crippen LogP contribution is 2.45. The SMILES string of the molecule is OCCCCCC1COC(c2ccccc2)(C(O)c2ccccc2)O1. The standard InChI is InChI=1S/C21H26O4/c22-15-9-3-8-14-19-16-24-21(25-19,18-12-6-2-7-13-18)20(23)17-10-4-1-5-11-17/h1-2,4-7,10-13,19-20,22-23H,3,8-9,14-16H2. The molecular weight excluding hydrogens is 316 g/mol. The Balaban J connectivity index is 1.80. The van der Waals surface area contributed by atoms with Gasteiger partial charge in [0.05, 0.1) is 12.7 Å². The average molecular weight is 342 g/mol. The van der Waals surface area contributed by atoms with Crippen LogP contribution in [0.15, 0.2) is 60.7 Å². The summed E-state index contributed by atoms with van der Waals surface area (Å²) in [6, 6.07) is 19.1. The number of ether oxygens (including phenoxy) is 2. The molecule has 134 valence electrons. The molecule has 1 saturated heterocycles. The maximum Gasteiger partial charge on any atom is 0.226 e. The molecule has 4 nitrogen and oxygen atoms in total. The highest BCUT2D eigenvalue weighted by molar-refractivity contribution is 5.28. The molecule has 0 amide bonds. The first kappa shape index (κ1) is 18.1. The minimum Gasteiger partial charge on any atom is -0.396 e. The number of benzene rings is 2. The van der Waals surface area contributed by atoms with Crippen LogP contribution in [0.3, 0.4) is 0 Å². The van der Waals surface area contributed by atoms with Crippen LogP contribution < -0.4 is 0 Å². The van der Waals surface area contributed by atoms with E-state index in [4.69, 9.17) is 14.6 Å². The van der Waals surface area contributed by atoms with E-state index < -0.39 is 11.9 Å². The van der Waals surface area contributed by atoms with Gasteiger partial charge >= 0.3 is 0 Å². The second-order valence-electron chi connectivity index (χ2n) is 6.47. The molecule has 0 saturated carbocycles. The monoisotopic (exact) mass is 342 g/mol. The minimum absolute atomic E-state index is 0.0581. The molecule has 4 heteroatoms. The molecule has 2 N–H and O–H groups in total. The van der Waals surface area contributed by atoms with Crippen LogP contribution in [-0.2, 0) is 15.3 Å². The van der Waals surface area contributed by atoms with Crippen LogP contribution in [0.2, 0.25) is 0 Å². The Kier molecular flexibility index (Phi) is 6.21. The zero-order chi connectivity index (χ0) is 17.5. The van der Waals surface area contributed by atoms with E-state index in [1.54, 1.807) is 0 Å². The van der Waals surface area contributed by atoms with Gasteiger partial charge in [0.25, 0.3) is 0 Å². The Labute approximate surface area is 149 Å². The Hall–Kier alpha value is -1.72.